The number of fused-ring (bicyclic) bond motifs is 2. The summed E-state index contributed by atoms with van der Waals surface area (Å²) in [5, 5.41) is 2.98. The van der Waals surface area contributed by atoms with Crippen LogP contribution < -0.4 is 10.2 Å². The highest BCUT2D eigenvalue weighted by molar-refractivity contribution is 6.08. The Labute approximate surface area is 160 Å². The van der Waals surface area contributed by atoms with Crippen LogP contribution in [0.5, 0.6) is 0 Å². The molecule has 1 fully saturated rings. The molecule has 2 amide bonds. The van der Waals surface area contributed by atoms with Gasteiger partial charge in [0, 0.05) is 24.8 Å². The predicted octanol–water partition coefficient (Wildman–Crippen LogP) is 3.96. The third kappa shape index (κ3) is 3.18. The minimum Gasteiger partial charge on any atom is -0.354 e. The summed E-state index contributed by atoms with van der Waals surface area (Å²) >= 11 is 0. The summed E-state index contributed by atoms with van der Waals surface area (Å²) in [4.78, 5) is 29.7. The first-order chi connectivity index (χ1) is 12.9. The number of amides is 2. The summed E-state index contributed by atoms with van der Waals surface area (Å²) in [7, 11) is 2.01. The van der Waals surface area contributed by atoms with Crippen molar-refractivity contribution >= 4 is 23.2 Å². The molecule has 4 rings (SSSR count). The highest BCUT2D eigenvalue weighted by atomic mass is 16.2. The molecule has 2 aliphatic heterocycles. The van der Waals surface area contributed by atoms with Crippen LogP contribution in [0.1, 0.15) is 51.1 Å². The van der Waals surface area contributed by atoms with Gasteiger partial charge in [0.2, 0.25) is 0 Å². The van der Waals surface area contributed by atoms with E-state index in [9.17, 15) is 9.59 Å². The van der Waals surface area contributed by atoms with Crippen LogP contribution in [0.4, 0.5) is 11.4 Å². The molecule has 0 unspecified atom stereocenters. The van der Waals surface area contributed by atoms with Crippen molar-refractivity contribution in [2.75, 3.05) is 23.8 Å². The third-order valence-corrected chi connectivity index (χ3v) is 5.53. The van der Waals surface area contributed by atoms with Crippen molar-refractivity contribution in [1.82, 2.24) is 4.90 Å². The lowest BCUT2D eigenvalue weighted by molar-refractivity contribution is 0.0589. The summed E-state index contributed by atoms with van der Waals surface area (Å²) in [6.07, 6.45) is 3.25. The van der Waals surface area contributed by atoms with Gasteiger partial charge in [-0.25, -0.2) is 0 Å². The number of nitrogens with zero attached hydrogens (tertiary/aromatic N) is 2. The van der Waals surface area contributed by atoms with Gasteiger partial charge in [0.15, 0.2) is 0 Å². The molecule has 0 bridgehead atoms. The van der Waals surface area contributed by atoms with Gasteiger partial charge in [-0.1, -0.05) is 6.07 Å². The number of hydrogen-bond donors (Lipinski definition) is 1. The van der Waals surface area contributed by atoms with Crippen LogP contribution in [0.2, 0.25) is 0 Å². The average Bonchev–Trinajstić information content (AvgIpc) is 2.65. The van der Waals surface area contributed by atoms with E-state index >= 15 is 0 Å². The fourth-order valence-corrected chi connectivity index (χ4v) is 4.26. The van der Waals surface area contributed by atoms with Crippen molar-refractivity contribution in [3.8, 4) is 0 Å². The third-order valence-electron chi connectivity index (χ3n) is 5.53. The number of anilines is 2. The Hall–Kier alpha value is -2.82. The molecule has 0 radical (unpaired) electrons. The fourth-order valence-electron chi connectivity index (χ4n) is 4.26. The predicted molar refractivity (Wildman–Crippen MR) is 107 cm³/mol. The molecule has 5 nitrogen and oxygen atoms in total. The van der Waals surface area contributed by atoms with Gasteiger partial charge < -0.3 is 15.1 Å². The lowest BCUT2D eigenvalue weighted by Gasteiger charge is -2.46. The monoisotopic (exact) mass is 363 g/mol. The topological polar surface area (TPSA) is 52.7 Å². The highest BCUT2D eigenvalue weighted by Gasteiger charge is 2.37. The van der Waals surface area contributed by atoms with E-state index in [1.165, 1.54) is 0 Å². The Morgan fingerprint density at radius 3 is 2.56 bits per heavy atom. The lowest BCUT2D eigenvalue weighted by atomic mass is 9.97. The molecular weight excluding hydrogens is 338 g/mol. The van der Waals surface area contributed by atoms with E-state index in [4.69, 9.17) is 0 Å². The van der Waals surface area contributed by atoms with Crippen LogP contribution in [0.15, 0.2) is 36.4 Å². The Bertz CT molecular complexity index is 902. The van der Waals surface area contributed by atoms with Gasteiger partial charge in [-0.05, 0) is 74.6 Å². The van der Waals surface area contributed by atoms with E-state index in [1.807, 2.05) is 44.0 Å². The zero-order chi connectivity index (χ0) is 19.1. The van der Waals surface area contributed by atoms with Crippen molar-refractivity contribution in [3.05, 3.63) is 58.7 Å². The number of benzene rings is 2. The normalized spacial score (nSPS) is 18.8. The summed E-state index contributed by atoms with van der Waals surface area (Å²) in [6, 6.07) is 11.4. The molecule has 2 heterocycles. The van der Waals surface area contributed by atoms with Crippen molar-refractivity contribution in [3.63, 3.8) is 0 Å². The van der Waals surface area contributed by atoms with Gasteiger partial charge in [-0.15, -0.1) is 0 Å². The number of carbonyl (C=O) groups is 2. The van der Waals surface area contributed by atoms with Gasteiger partial charge in [0.1, 0.15) is 6.17 Å². The summed E-state index contributed by atoms with van der Waals surface area (Å²) in [6.45, 7) is 4.83. The molecule has 1 saturated heterocycles. The maximum Gasteiger partial charge on any atom is 0.257 e. The molecule has 1 atom stereocenters. The van der Waals surface area contributed by atoms with Crippen LogP contribution in [-0.2, 0) is 0 Å². The molecule has 2 aromatic carbocycles. The first-order valence-corrected chi connectivity index (χ1v) is 9.51. The van der Waals surface area contributed by atoms with E-state index in [0.29, 0.717) is 11.1 Å². The quantitative estimate of drug-likeness (QED) is 0.879. The summed E-state index contributed by atoms with van der Waals surface area (Å²) < 4.78 is 0. The zero-order valence-electron chi connectivity index (χ0n) is 16.1. The molecule has 27 heavy (non-hydrogen) atoms. The van der Waals surface area contributed by atoms with Crippen molar-refractivity contribution < 1.29 is 9.59 Å². The maximum atomic E-state index is 12.8. The Morgan fingerprint density at radius 1 is 1.07 bits per heavy atom. The zero-order valence-corrected chi connectivity index (χ0v) is 16.1. The van der Waals surface area contributed by atoms with Gasteiger partial charge >= 0.3 is 0 Å². The highest BCUT2D eigenvalue weighted by Crippen LogP contribution is 2.35. The number of nitrogens with one attached hydrogen (secondary N) is 1. The largest absolute Gasteiger partial charge is 0.354 e. The van der Waals surface area contributed by atoms with Crippen LogP contribution in [0.3, 0.4) is 0 Å². The first-order valence-electron chi connectivity index (χ1n) is 9.51. The molecule has 0 saturated carbocycles. The van der Waals surface area contributed by atoms with Crippen LogP contribution in [0, 0.1) is 13.8 Å². The van der Waals surface area contributed by atoms with Gasteiger partial charge in [0.05, 0.1) is 11.3 Å². The Kier molecular flexibility index (Phi) is 4.38. The van der Waals surface area contributed by atoms with E-state index < -0.39 is 0 Å². The Balaban J connectivity index is 1.63. The van der Waals surface area contributed by atoms with E-state index in [2.05, 4.69) is 16.3 Å². The minimum atomic E-state index is -0.158. The van der Waals surface area contributed by atoms with Crippen molar-refractivity contribution in [2.45, 2.75) is 39.3 Å². The van der Waals surface area contributed by atoms with Crippen LogP contribution in [-0.4, -0.2) is 36.5 Å². The van der Waals surface area contributed by atoms with Gasteiger partial charge in [0.25, 0.3) is 11.8 Å². The second kappa shape index (κ2) is 6.72. The second-order valence-corrected chi connectivity index (χ2v) is 7.65. The number of rotatable bonds is 2. The number of hydrogen-bond acceptors (Lipinski definition) is 3. The molecule has 5 heteroatoms. The lowest BCUT2D eigenvalue weighted by Crippen LogP contribution is -2.55. The SMILES string of the molecule is Cc1cc(C)cc(NC(=O)c2ccc3c(c2)N(C)[C@@H]2CCCCN2C3=O)c1. The molecule has 2 aromatic rings. The number of carbonyl (C=O) groups excluding carboxylic acids is 2. The maximum absolute atomic E-state index is 12.8. The fraction of sp³-hybridized carbons (Fsp3) is 0.364. The second-order valence-electron chi connectivity index (χ2n) is 7.65. The smallest absolute Gasteiger partial charge is 0.257 e. The van der Waals surface area contributed by atoms with Crippen LogP contribution in [0.25, 0.3) is 0 Å². The first kappa shape index (κ1) is 17.6. The summed E-state index contributed by atoms with van der Waals surface area (Å²) in [5.41, 5.74) is 5.10. The van der Waals surface area contributed by atoms with Crippen molar-refractivity contribution in [2.24, 2.45) is 0 Å². The van der Waals surface area contributed by atoms with Crippen molar-refractivity contribution in [1.29, 1.82) is 0 Å². The number of piperidine rings is 1. The molecule has 1 N–H and O–H groups in total. The standard InChI is InChI=1S/C22H25N3O2/c1-14-10-15(2)12-17(11-14)23-21(26)16-7-8-18-19(13-16)24(3)20-6-4-5-9-25(20)22(18)27/h7-8,10-13,20H,4-6,9H2,1-3H3,(H,23,26)/t20-/m0/s1. The average molecular weight is 363 g/mol. The van der Waals surface area contributed by atoms with Gasteiger partial charge in [-0.2, -0.15) is 0 Å². The molecular formula is C22H25N3O2. The molecule has 0 aromatic heterocycles. The van der Waals surface area contributed by atoms with E-state index in [-0.39, 0.29) is 18.0 Å². The van der Waals surface area contributed by atoms with E-state index in [1.54, 1.807) is 12.1 Å². The Morgan fingerprint density at radius 2 is 1.81 bits per heavy atom. The molecule has 2 aliphatic rings. The number of aryl methyl sites for hydroxylation is 2. The molecule has 0 spiro atoms. The van der Waals surface area contributed by atoms with Gasteiger partial charge in [-0.3, -0.25) is 9.59 Å². The van der Waals surface area contributed by atoms with Crippen LogP contribution >= 0.6 is 0 Å². The molecule has 0 aliphatic carbocycles. The van der Waals surface area contributed by atoms with E-state index in [0.717, 1.165) is 48.3 Å². The molecule has 140 valence electrons. The minimum absolute atomic E-state index is 0.0778. The summed E-state index contributed by atoms with van der Waals surface area (Å²) in [5.74, 6) is -0.0798.